The zero-order valence-corrected chi connectivity index (χ0v) is 10.8. The van der Waals surface area contributed by atoms with Gasteiger partial charge in [-0.2, -0.15) is 13.1 Å². The molecule has 0 aliphatic rings. The standard InChI is InChI=1S/C10H16N4O3S/c1-2-13-18(15,16)14-8-4-3-5-9(6-8)17-7-10(11)12/h3-6,13-14H,2,7H2,1H3,(H3,11,12). The van der Waals surface area contributed by atoms with Crippen molar-refractivity contribution in [2.24, 2.45) is 5.73 Å². The molecule has 1 aromatic rings. The number of anilines is 1. The SMILES string of the molecule is CCNS(=O)(=O)Nc1cccc(OCC(=N)N)c1. The number of hydrogen-bond acceptors (Lipinski definition) is 4. The highest BCUT2D eigenvalue weighted by molar-refractivity contribution is 7.90. The molecule has 1 aromatic carbocycles. The minimum absolute atomic E-state index is 0.0383. The molecule has 0 aromatic heterocycles. The van der Waals surface area contributed by atoms with Gasteiger partial charge in [-0.25, -0.2) is 0 Å². The molecule has 100 valence electrons. The van der Waals surface area contributed by atoms with Crippen molar-refractivity contribution in [3.05, 3.63) is 24.3 Å². The van der Waals surface area contributed by atoms with Gasteiger partial charge in [0.15, 0.2) is 0 Å². The zero-order valence-electron chi connectivity index (χ0n) is 9.93. The van der Waals surface area contributed by atoms with Crippen molar-refractivity contribution in [1.82, 2.24) is 4.72 Å². The molecule has 0 saturated heterocycles. The molecule has 7 nitrogen and oxygen atoms in total. The smallest absolute Gasteiger partial charge is 0.299 e. The van der Waals surface area contributed by atoms with Crippen molar-refractivity contribution in [3.8, 4) is 5.75 Å². The minimum Gasteiger partial charge on any atom is -0.486 e. The van der Waals surface area contributed by atoms with E-state index in [0.717, 1.165) is 0 Å². The van der Waals surface area contributed by atoms with Gasteiger partial charge in [0.25, 0.3) is 10.2 Å². The van der Waals surface area contributed by atoms with Crippen molar-refractivity contribution >= 4 is 21.7 Å². The van der Waals surface area contributed by atoms with E-state index < -0.39 is 10.2 Å². The van der Waals surface area contributed by atoms with Crippen LogP contribution in [0.4, 0.5) is 5.69 Å². The lowest BCUT2D eigenvalue weighted by Crippen LogP contribution is -2.29. The lowest BCUT2D eigenvalue weighted by Gasteiger charge is -2.10. The number of amidine groups is 1. The molecule has 0 aliphatic carbocycles. The molecule has 0 atom stereocenters. The summed E-state index contributed by atoms with van der Waals surface area (Å²) >= 11 is 0. The summed E-state index contributed by atoms with van der Waals surface area (Å²) in [7, 11) is -3.56. The van der Waals surface area contributed by atoms with E-state index in [9.17, 15) is 8.42 Å². The normalized spacial score (nSPS) is 10.9. The number of nitrogens with two attached hydrogens (primary N) is 1. The average molecular weight is 272 g/mol. The Morgan fingerprint density at radius 1 is 1.50 bits per heavy atom. The van der Waals surface area contributed by atoms with Crippen LogP contribution >= 0.6 is 0 Å². The maximum Gasteiger partial charge on any atom is 0.299 e. The van der Waals surface area contributed by atoms with Crippen molar-refractivity contribution in [2.45, 2.75) is 6.92 Å². The number of benzene rings is 1. The third-order valence-electron chi connectivity index (χ3n) is 1.81. The Labute approximate surface area is 106 Å². The van der Waals surface area contributed by atoms with Crippen LogP contribution in [0.1, 0.15) is 6.92 Å². The van der Waals surface area contributed by atoms with E-state index in [2.05, 4.69) is 9.44 Å². The predicted octanol–water partition coefficient (Wildman–Crippen LogP) is 0.268. The number of hydrogen-bond donors (Lipinski definition) is 4. The highest BCUT2D eigenvalue weighted by Crippen LogP contribution is 2.17. The molecule has 8 heteroatoms. The fourth-order valence-electron chi connectivity index (χ4n) is 1.19. The lowest BCUT2D eigenvalue weighted by molar-refractivity contribution is 0.374. The highest BCUT2D eigenvalue weighted by atomic mass is 32.2. The van der Waals surface area contributed by atoms with Crippen molar-refractivity contribution in [3.63, 3.8) is 0 Å². The van der Waals surface area contributed by atoms with E-state index in [1.54, 1.807) is 25.1 Å². The van der Waals surface area contributed by atoms with Gasteiger partial charge in [-0.1, -0.05) is 13.0 Å². The predicted molar refractivity (Wildman–Crippen MR) is 70.1 cm³/mol. The van der Waals surface area contributed by atoms with Crippen LogP contribution in [0.3, 0.4) is 0 Å². The molecule has 0 amide bonds. The fraction of sp³-hybridized carbons (Fsp3) is 0.300. The Morgan fingerprint density at radius 2 is 2.22 bits per heavy atom. The molecule has 18 heavy (non-hydrogen) atoms. The number of ether oxygens (including phenoxy) is 1. The largest absolute Gasteiger partial charge is 0.486 e. The second-order valence-corrected chi connectivity index (χ2v) is 4.94. The summed E-state index contributed by atoms with van der Waals surface area (Å²) in [5.74, 6) is 0.329. The Bertz CT molecular complexity index is 516. The Kier molecular flexibility index (Phi) is 4.93. The molecule has 0 bridgehead atoms. The molecule has 5 N–H and O–H groups in total. The van der Waals surface area contributed by atoms with Crippen molar-refractivity contribution in [2.75, 3.05) is 17.9 Å². The average Bonchev–Trinajstić information content (AvgIpc) is 2.26. The van der Waals surface area contributed by atoms with Crippen LogP contribution in [0.15, 0.2) is 24.3 Å². The Balaban J connectivity index is 2.73. The molecular weight excluding hydrogens is 256 g/mol. The molecule has 1 rings (SSSR count). The highest BCUT2D eigenvalue weighted by Gasteiger charge is 2.08. The van der Waals surface area contributed by atoms with E-state index in [0.29, 0.717) is 18.0 Å². The third kappa shape index (κ3) is 5.02. The molecular formula is C10H16N4O3S. The molecule has 0 saturated carbocycles. The van der Waals surface area contributed by atoms with Gasteiger partial charge in [-0.05, 0) is 12.1 Å². The van der Waals surface area contributed by atoms with Gasteiger partial charge in [-0.15, -0.1) is 0 Å². The fourth-order valence-corrected chi connectivity index (χ4v) is 2.08. The maximum atomic E-state index is 11.5. The molecule has 0 unspecified atom stereocenters. The Morgan fingerprint density at radius 3 is 2.83 bits per heavy atom. The second-order valence-electron chi connectivity index (χ2n) is 3.45. The molecule has 0 heterocycles. The van der Waals surface area contributed by atoms with E-state index in [-0.39, 0.29) is 12.4 Å². The van der Waals surface area contributed by atoms with Gasteiger partial charge in [-0.3, -0.25) is 10.1 Å². The zero-order chi connectivity index (χ0) is 13.6. The van der Waals surface area contributed by atoms with Gasteiger partial charge >= 0.3 is 0 Å². The van der Waals surface area contributed by atoms with Gasteiger partial charge < -0.3 is 10.5 Å². The van der Waals surface area contributed by atoms with Crippen LogP contribution in [0.5, 0.6) is 5.75 Å². The molecule has 0 spiro atoms. The molecule has 0 radical (unpaired) electrons. The first-order chi connectivity index (χ1) is 8.43. The number of rotatable bonds is 7. The summed E-state index contributed by atoms with van der Waals surface area (Å²) < 4.78 is 32.7. The summed E-state index contributed by atoms with van der Waals surface area (Å²) in [6.45, 7) is 1.95. The van der Waals surface area contributed by atoms with Crippen LogP contribution in [0.2, 0.25) is 0 Å². The summed E-state index contributed by atoms with van der Waals surface area (Å²) in [4.78, 5) is 0. The van der Waals surface area contributed by atoms with Gasteiger partial charge in [0.2, 0.25) is 0 Å². The lowest BCUT2D eigenvalue weighted by atomic mass is 10.3. The maximum absolute atomic E-state index is 11.5. The summed E-state index contributed by atoms with van der Waals surface area (Å²) in [6.07, 6.45) is 0. The third-order valence-corrected chi connectivity index (χ3v) is 2.99. The molecule has 0 fully saturated rings. The van der Waals surface area contributed by atoms with E-state index in [4.69, 9.17) is 15.9 Å². The quantitative estimate of drug-likeness (QED) is 0.421. The van der Waals surface area contributed by atoms with Gasteiger partial charge in [0.05, 0.1) is 5.69 Å². The Hall–Kier alpha value is -1.80. The van der Waals surface area contributed by atoms with Gasteiger partial charge in [0, 0.05) is 12.6 Å². The first-order valence-corrected chi connectivity index (χ1v) is 6.74. The van der Waals surface area contributed by atoms with E-state index in [1.165, 1.54) is 6.07 Å². The number of nitrogens with one attached hydrogen (secondary N) is 3. The van der Waals surface area contributed by atoms with Crippen LogP contribution in [-0.2, 0) is 10.2 Å². The first kappa shape index (κ1) is 14.3. The minimum atomic E-state index is -3.56. The second kappa shape index (κ2) is 6.22. The van der Waals surface area contributed by atoms with Crippen LogP contribution in [0.25, 0.3) is 0 Å². The summed E-state index contributed by atoms with van der Waals surface area (Å²) in [5.41, 5.74) is 5.53. The summed E-state index contributed by atoms with van der Waals surface area (Å²) in [6, 6.07) is 6.39. The van der Waals surface area contributed by atoms with Gasteiger partial charge in [0.1, 0.15) is 18.2 Å². The summed E-state index contributed by atoms with van der Waals surface area (Å²) in [5, 5.41) is 7.03. The van der Waals surface area contributed by atoms with Crippen LogP contribution in [0, 0.1) is 5.41 Å². The van der Waals surface area contributed by atoms with Crippen molar-refractivity contribution < 1.29 is 13.2 Å². The molecule has 0 aliphatic heterocycles. The topological polar surface area (TPSA) is 117 Å². The monoisotopic (exact) mass is 272 g/mol. The van der Waals surface area contributed by atoms with Crippen LogP contribution < -0.4 is 19.9 Å². The van der Waals surface area contributed by atoms with E-state index >= 15 is 0 Å². The van der Waals surface area contributed by atoms with E-state index in [1.807, 2.05) is 0 Å². The van der Waals surface area contributed by atoms with Crippen LogP contribution in [-0.4, -0.2) is 27.4 Å². The van der Waals surface area contributed by atoms with Crippen molar-refractivity contribution in [1.29, 1.82) is 5.41 Å². The first-order valence-electron chi connectivity index (χ1n) is 5.26.